The number of rotatable bonds is 5. The van der Waals surface area contributed by atoms with Gasteiger partial charge in [0.15, 0.2) is 5.65 Å². The first-order chi connectivity index (χ1) is 14.7. The minimum absolute atomic E-state index is 0.0217. The number of carbonyl (C=O) groups is 2. The quantitative estimate of drug-likeness (QED) is 0.404. The average Bonchev–Trinajstić information content (AvgIpc) is 3.22. The average molecular weight is 452 g/mol. The fourth-order valence-corrected chi connectivity index (χ4v) is 3.04. The molecule has 1 aliphatic heterocycles. The molecule has 1 aromatic carbocycles. The van der Waals surface area contributed by atoms with Crippen LogP contribution in [0.15, 0.2) is 36.0 Å². The van der Waals surface area contributed by atoms with Gasteiger partial charge in [0, 0.05) is 21.8 Å². The molecule has 0 saturated carbocycles. The number of anilines is 3. The monoisotopic (exact) mass is 451 g/mol. The van der Waals surface area contributed by atoms with E-state index in [1.165, 1.54) is 12.3 Å². The lowest BCUT2D eigenvalue weighted by Crippen LogP contribution is -2.23. The number of aromatic nitrogens is 4. The summed E-state index contributed by atoms with van der Waals surface area (Å²) < 4.78 is 39.3. The van der Waals surface area contributed by atoms with E-state index < -0.39 is 24.5 Å². The van der Waals surface area contributed by atoms with E-state index in [1.54, 1.807) is 24.3 Å². The Balaban J connectivity index is 1.77. The van der Waals surface area contributed by atoms with Crippen molar-refractivity contribution in [1.29, 1.82) is 0 Å². The Morgan fingerprint density at radius 1 is 1.26 bits per heavy atom. The molecule has 0 unspecified atom stereocenters. The highest BCUT2D eigenvalue weighted by molar-refractivity contribution is 6.30. The standard InChI is InChI=1S/C18H13ClF3N7O2/c19-11-2-1-3-12(6-11)25-16-27-14-10(4-9-5-13(30)26-15(9)31)7-24-29(14)17(28-16)23-8-18(20,21)22/h1-4,6-7H,5,8H2,(H,26,30,31)(H2,23,25,27,28)/b9-4+. The van der Waals surface area contributed by atoms with Gasteiger partial charge in [-0.2, -0.15) is 32.8 Å². The van der Waals surface area contributed by atoms with Gasteiger partial charge >= 0.3 is 6.18 Å². The number of benzene rings is 1. The van der Waals surface area contributed by atoms with Crippen molar-refractivity contribution >= 4 is 52.7 Å². The SMILES string of the molecule is O=C1C/C(=C\c2cnn3c(NCC(F)(F)F)nc(Nc4cccc(Cl)c4)nc23)C(=O)N1. The van der Waals surface area contributed by atoms with Crippen LogP contribution in [0.25, 0.3) is 11.7 Å². The van der Waals surface area contributed by atoms with Gasteiger partial charge in [-0.25, -0.2) is 0 Å². The van der Waals surface area contributed by atoms with Crippen molar-refractivity contribution in [2.45, 2.75) is 12.6 Å². The number of imide groups is 1. The number of hydrogen-bond donors (Lipinski definition) is 3. The Morgan fingerprint density at radius 3 is 2.74 bits per heavy atom. The Kier molecular flexibility index (Phi) is 5.23. The lowest BCUT2D eigenvalue weighted by atomic mass is 10.1. The third-order valence-electron chi connectivity index (χ3n) is 4.15. The summed E-state index contributed by atoms with van der Waals surface area (Å²) in [6.07, 6.45) is -1.88. The van der Waals surface area contributed by atoms with Gasteiger partial charge in [-0.1, -0.05) is 17.7 Å². The summed E-state index contributed by atoms with van der Waals surface area (Å²) in [6.45, 7) is -1.34. The van der Waals surface area contributed by atoms with Crippen LogP contribution in [0.5, 0.6) is 0 Å². The highest BCUT2D eigenvalue weighted by atomic mass is 35.5. The lowest BCUT2D eigenvalue weighted by molar-refractivity contribution is -0.124. The van der Waals surface area contributed by atoms with Gasteiger partial charge in [-0.15, -0.1) is 0 Å². The van der Waals surface area contributed by atoms with E-state index in [2.05, 4.69) is 31.0 Å². The summed E-state index contributed by atoms with van der Waals surface area (Å²) in [6, 6.07) is 6.60. The van der Waals surface area contributed by atoms with Crippen molar-refractivity contribution in [1.82, 2.24) is 24.9 Å². The van der Waals surface area contributed by atoms with Crippen molar-refractivity contribution in [3.05, 3.63) is 46.6 Å². The summed E-state index contributed by atoms with van der Waals surface area (Å²) in [7, 11) is 0. The van der Waals surface area contributed by atoms with Gasteiger partial charge in [0.2, 0.25) is 17.8 Å². The van der Waals surface area contributed by atoms with Crippen LogP contribution in [0.1, 0.15) is 12.0 Å². The molecule has 0 spiro atoms. The Hall–Kier alpha value is -3.67. The molecule has 13 heteroatoms. The van der Waals surface area contributed by atoms with Crippen molar-refractivity contribution < 1.29 is 22.8 Å². The molecule has 0 bridgehead atoms. The largest absolute Gasteiger partial charge is 0.405 e. The molecule has 2 amide bonds. The number of carbonyl (C=O) groups excluding carboxylic acids is 2. The number of hydrogen-bond acceptors (Lipinski definition) is 7. The van der Waals surface area contributed by atoms with E-state index in [4.69, 9.17) is 11.6 Å². The number of fused-ring (bicyclic) bond motifs is 1. The zero-order valence-corrected chi connectivity index (χ0v) is 16.3. The van der Waals surface area contributed by atoms with Crippen LogP contribution >= 0.6 is 11.6 Å². The van der Waals surface area contributed by atoms with Gasteiger partial charge < -0.3 is 10.6 Å². The minimum Gasteiger partial charge on any atom is -0.345 e. The van der Waals surface area contributed by atoms with Gasteiger partial charge in [0.25, 0.3) is 5.91 Å². The van der Waals surface area contributed by atoms with Crippen LogP contribution in [0.2, 0.25) is 5.02 Å². The fraction of sp³-hybridized carbons (Fsp3) is 0.167. The van der Waals surface area contributed by atoms with Crippen LogP contribution in [-0.2, 0) is 9.59 Å². The molecular weight excluding hydrogens is 439 g/mol. The predicted octanol–water partition coefficient (Wildman–Crippen LogP) is 2.93. The summed E-state index contributed by atoms with van der Waals surface area (Å²) in [5, 5.41) is 11.7. The Labute approximate surface area is 177 Å². The number of nitrogens with one attached hydrogen (secondary N) is 3. The molecule has 0 aliphatic carbocycles. The van der Waals surface area contributed by atoms with Crippen molar-refractivity contribution in [3.63, 3.8) is 0 Å². The van der Waals surface area contributed by atoms with E-state index >= 15 is 0 Å². The first-order valence-corrected chi connectivity index (χ1v) is 9.19. The molecule has 3 heterocycles. The molecule has 160 valence electrons. The smallest absolute Gasteiger partial charge is 0.345 e. The maximum Gasteiger partial charge on any atom is 0.405 e. The van der Waals surface area contributed by atoms with Crippen LogP contribution < -0.4 is 16.0 Å². The van der Waals surface area contributed by atoms with E-state index in [1.807, 2.05) is 0 Å². The van der Waals surface area contributed by atoms with E-state index in [0.717, 1.165) is 4.52 Å². The van der Waals surface area contributed by atoms with Gasteiger partial charge in [0.05, 0.1) is 12.6 Å². The second-order valence-electron chi connectivity index (χ2n) is 6.53. The topological polar surface area (TPSA) is 113 Å². The van der Waals surface area contributed by atoms with E-state index in [-0.39, 0.29) is 29.5 Å². The molecule has 0 radical (unpaired) electrons. The zero-order valence-electron chi connectivity index (χ0n) is 15.5. The molecule has 3 aromatic rings. The highest BCUT2D eigenvalue weighted by Gasteiger charge is 2.28. The second-order valence-corrected chi connectivity index (χ2v) is 6.97. The minimum atomic E-state index is -4.49. The summed E-state index contributed by atoms with van der Waals surface area (Å²) >= 11 is 5.96. The summed E-state index contributed by atoms with van der Waals surface area (Å²) in [5.41, 5.74) is 1.15. The molecule has 0 atom stereocenters. The maximum atomic E-state index is 12.7. The molecule has 9 nitrogen and oxygen atoms in total. The van der Waals surface area contributed by atoms with Crippen LogP contribution in [0.3, 0.4) is 0 Å². The van der Waals surface area contributed by atoms with Crippen LogP contribution in [-0.4, -0.2) is 44.1 Å². The number of amides is 2. The molecule has 1 saturated heterocycles. The summed E-state index contributed by atoms with van der Waals surface area (Å²) in [4.78, 5) is 31.6. The molecule has 3 N–H and O–H groups in total. The van der Waals surface area contributed by atoms with E-state index in [9.17, 15) is 22.8 Å². The third kappa shape index (κ3) is 4.74. The maximum absolute atomic E-state index is 12.7. The van der Waals surface area contributed by atoms with Crippen molar-refractivity contribution in [2.75, 3.05) is 17.2 Å². The fourth-order valence-electron chi connectivity index (χ4n) is 2.85. The first-order valence-electron chi connectivity index (χ1n) is 8.82. The normalized spacial score (nSPS) is 15.5. The summed E-state index contributed by atoms with van der Waals surface area (Å²) in [5.74, 6) is -1.24. The van der Waals surface area contributed by atoms with Crippen molar-refractivity contribution in [2.24, 2.45) is 0 Å². The van der Waals surface area contributed by atoms with E-state index in [0.29, 0.717) is 16.3 Å². The number of alkyl halides is 3. The first kappa shape index (κ1) is 20.6. The molecule has 2 aromatic heterocycles. The Morgan fingerprint density at radius 2 is 2.06 bits per heavy atom. The zero-order chi connectivity index (χ0) is 22.2. The molecule has 1 aliphatic rings. The van der Waals surface area contributed by atoms with Crippen molar-refractivity contribution in [3.8, 4) is 0 Å². The van der Waals surface area contributed by atoms with Gasteiger partial charge in [-0.05, 0) is 24.3 Å². The second kappa shape index (κ2) is 7.87. The Bertz CT molecular complexity index is 1220. The highest BCUT2D eigenvalue weighted by Crippen LogP contribution is 2.24. The third-order valence-corrected chi connectivity index (χ3v) is 4.38. The number of halogens is 4. The molecule has 4 rings (SSSR count). The lowest BCUT2D eigenvalue weighted by Gasteiger charge is -2.12. The molecular formula is C18H13ClF3N7O2. The number of nitrogens with zero attached hydrogens (tertiary/aromatic N) is 4. The van der Waals surface area contributed by atoms with Gasteiger partial charge in [0.1, 0.15) is 6.54 Å². The molecule has 31 heavy (non-hydrogen) atoms. The van der Waals surface area contributed by atoms with Crippen LogP contribution in [0.4, 0.5) is 30.8 Å². The predicted molar refractivity (Wildman–Crippen MR) is 106 cm³/mol. The van der Waals surface area contributed by atoms with Gasteiger partial charge in [-0.3, -0.25) is 14.9 Å². The molecule has 1 fully saturated rings. The van der Waals surface area contributed by atoms with Crippen LogP contribution in [0, 0.1) is 0 Å².